The molecule has 31 heavy (non-hydrogen) atoms. The van der Waals surface area contributed by atoms with E-state index >= 15 is 0 Å². The van der Waals surface area contributed by atoms with Crippen molar-refractivity contribution in [2.45, 2.75) is 53.4 Å². The second-order valence-electron chi connectivity index (χ2n) is 9.52. The van der Waals surface area contributed by atoms with Crippen molar-refractivity contribution < 1.29 is 9.59 Å². The van der Waals surface area contributed by atoms with E-state index in [2.05, 4.69) is 24.1 Å². The first-order valence-corrected chi connectivity index (χ1v) is 10.8. The summed E-state index contributed by atoms with van der Waals surface area (Å²) in [7, 11) is 0. The Bertz CT molecular complexity index is 1130. The van der Waals surface area contributed by atoms with Gasteiger partial charge in [-0.15, -0.1) is 0 Å². The Labute approximate surface area is 183 Å². The van der Waals surface area contributed by atoms with Crippen molar-refractivity contribution in [3.05, 3.63) is 70.6 Å². The molecular formula is C26H29N3O2. The topological polar surface area (TPSA) is 71.4 Å². The first-order valence-electron chi connectivity index (χ1n) is 10.8. The summed E-state index contributed by atoms with van der Waals surface area (Å²) in [5.41, 5.74) is 4.92. The predicted molar refractivity (Wildman–Crippen MR) is 123 cm³/mol. The van der Waals surface area contributed by atoms with E-state index in [0.29, 0.717) is 23.5 Å². The maximum atomic E-state index is 13.5. The van der Waals surface area contributed by atoms with Crippen LogP contribution in [-0.2, 0) is 9.59 Å². The highest BCUT2D eigenvalue weighted by Gasteiger charge is 2.47. The number of aromatic nitrogens is 1. The van der Waals surface area contributed by atoms with Gasteiger partial charge in [-0.3, -0.25) is 14.6 Å². The van der Waals surface area contributed by atoms with Crippen LogP contribution in [0.15, 0.2) is 58.7 Å². The summed E-state index contributed by atoms with van der Waals surface area (Å²) in [5, 5.41) is 2.94. The molecule has 2 aliphatic rings. The Morgan fingerprint density at radius 3 is 2.45 bits per heavy atom. The van der Waals surface area contributed by atoms with Crippen molar-refractivity contribution >= 4 is 23.2 Å². The number of amides is 1. The predicted octanol–water partition coefficient (Wildman–Crippen LogP) is 5.15. The molecule has 5 nitrogen and oxygen atoms in total. The quantitative estimate of drug-likeness (QED) is 0.753. The lowest BCUT2D eigenvalue weighted by atomic mass is 9.63. The maximum absolute atomic E-state index is 13.5. The molecule has 1 aromatic carbocycles. The highest BCUT2D eigenvalue weighted by atomic mass is 16.2. The molecule has 1 unspecified atom stereocenters. The third kappa shape index (κ3) is 4.09. The first-order chi connectivity index (χ1) is 14.7. The number of nitrogens with one attached hydrogen (secondary N) is 1. The number of aliphatic imine (C=N–C) groups is 1. The fraction of sp³-hybridized carbons (Fsp3) is 0.385. The molecule has 1 N–H and O–H groups in total. The van der Waals surface area contributed by atoms with E-state index in [1.807, 2.05) is 57.2 Å². The van der Waals surface area contributed by atoms with Gasteiger partial charge in [0.1, 0.15) is 11.6 Å². The number of pyridine rings is 1. The highest BCUT2D eigenvalue weighted by molar-refractivity contribution is 6.14. The number of nitrogens with zero attached hydrogens (tertiary/aromatic N) is 2. The molecule has 0 spiro atoms. The van der Waals surface area contributed by atoms with Crippen molar-refractivity contribution in [3.63, 3.8) is 0 Å². The van der Waals surface area contributed by atoms with E-state index in [1.54, 1.807) is 6.07 Å². The molecule has 2 aromatic rings. The standard InChI is InChI=1S/C26H29N3O2/c1-15-9-6-7-11-18(15)23-22(25(31)29-21-12-8-10-16(2)27-21)17(3)28-19-13-26(4,5)14-20(30)24(19)23/h6-12,23-24H,13-14H2,1-5H3,(H,27,29,31)/t23-,24?/m1/s1. The molecule has 5 heteroatoms. The Morgan fingerprint density at radius 2 is 1.74 bits per heavy atom. The summed E-state index contributed by atoms with van der Waals surface area (Å²) in [6.07, 6.45) is 1.25. The number of rotatable bonds is 3. The van der Waals surface area contributed by atoms with Gasteiger partial charge >= 0.3 is 0 Å². The number of carbonyl (C=O) groups is 2. The average molecular weight is 416 g/mol. The zero-order valence-electron chi connectivity index (χ0n) is 18.8. The van der Waals surface area contributed by atoms with Crippen molar-refractivity contribution in [1.29, 1.82) is 0 Å². The summed E-state index contributed by atoms with van der Waals surface area (Å²) >= 11 is 0. The van der Waals surface area contributed by atoms with E-state index in [-0.39, 0.29) is 23.0 Å². The van der Waals surface area contributed by atoms with Crippen LogP contribution >= 0.6 is 0 Å². The van der Waals surface area contributed by atoms with Gasteiger partial charge in [-0.05, 0) is 55.9 Å². The van der Waals surface area contributed by atoms with Crippen LogP contribution in [0.1, 0.15) is 56.4 Å². The summed E-state index contributed by atoms with van der Waals surface area (Å²) in [6, 6.07) is 13.5. The average Bonchev–Trinajstić information content (AvgIpc) is 2.66. The molecule has 4 rings (SSSR count). The third-order valence-electron chi connectivity index (χ3n) is 6.26. The minimum Gasteiger partial charge on any atom is -0.307 e. The second kappa shape index (κ2) is 7.88. The first kappa shape index (κ1) is 21.2. The van der Waals surface area contributed by atoms with Gasteiger partial charge in [0, 0.05) is 35.0 Å². The fourth-order valence-electron chi connectivity index (χ4n) is 4.96. The number of anilines is 1. The molecule has 1 aliphatic carbocycles. The molecule has 2 heterocycles. The zero-order chi connectivity index (χ0) is 22.3. The number of benzene rings is 1. The van der Waals surface area contributed by atoms with Crippen molar-refractivity contribution in [1.82, 2.24) is 4.98 Å². The molecule has 2 atom stereocenters. The molecule has 0 bridgehead atoms. The Morgan fingerprint density at radius 1 is 1.00 bits per heavy atom. The van der Waals surface area contributed by atoms with Crippen molar-refractivity contribution in [2.24, 2.45) is 16.3 Å². The minimum absolute atomic E-state index is 0.117. The van der Waals surface area contributed by atoms with Gasteiger partial charge in [0.25, 0.3) is 5.91 Å². The molecule has 1 saturated carbocycles. The van der Waals surface area contributed by atoms with Gasteiger partial charge in [-0.1, -0.05) is 44.2 Å². The molecule has 0 saturated heterocycles. The van der Waals surface area contributed by atoms with Crippen LogP contribution < -0.4 is 5.32 Å². The number of Topliss-reactive ketones (excluding diaryl/α,β-unsaturated/α-hetero) is 1. The van der Waals surface area contributed by atoms with E-state index in [4.69, 9.17) is 4.99 Å². The normalized spacial score (nSPS) is 22.6. The van der Waals surface area contributed by atoms with Crippen LogP contribution in [0.5, 0.6) is 0 Å². The smallest absolute Gasteiger partial charge is 0.255 e. The van der Waals surface area contributed by atoms with Crippen LogP contribution in [0.3, 0.4) is 0 Å². The molecule has 1 aromatic heterocycles. The second-order valence-corrected chi connectivity index (χ2v) is 9.52. The lowest BCUT2D eigenvalue weighted by Crippen LogP contribution is -2.44. The molecule has 0 radical (unpaired) electrons. The van der Waals surface area contributed by atoms with Gasteiger partial charge in [-0.2, -0.15) is 0 Å². The number of allylic oxidation sites excluding steroid dienone is 1. The molecule has 1 amide bonds. The number of hydrogen-bond acceptors (Lipinski definition) is 4. The molecule has 1 aliphatic heterocycles. The lowest BCUT2D eigenvalue weighted by molar-refractivity contribution is -0.124. The Hall–Kier alpha value is -3.08. The fourth-order valence-corrected chi connectivity index (χ4v) is 4.96. The van der Waals surface area contributed by atoms with Crippen LogP contribution in [0.25, 0.3) is 0 Å². The van der Waals surface area contributed by atoms with E-state index < -0.39 is 5.92 Å². The number of hydrogen-bond donors (Lipinski definition) is 1. The van der Waals surface area contributed by atoms with Crippen molar-refractivity contribution in [2.75, 3.05) is 5.32 Å². The van der Waals surface area contributed by atoms with Crippen LogP contribution in [0, 0.1) is 25.2 Å². The number of aryl methyl sites for hydroxylation is 2. The van der Waals surface area contributed by atoms with Crippen LogP contribution in [-0.4, -0.2) is 22.4 Å². The Kier molecular flexibility index (Phi) is 5.38. The summed E-state index contributed by atoms with van der Waals surface area (Å²) < 4.78 is 0. The van der Waals surface area contributed by atoms with Gasteiger partial charge in [0.2, 0.25) is 0 Å². The van der Waals surface area contributed by atoms with E-state index in [9.17, 15) is 9.59 Å². The molecule has 1 fully saturated rings. The van der Waals surface area contributed by atoms with Crippen molar-refractivity contribution in [3.8, 4) is 0 Å². The number of ketones is 1. The van der Waals surface area contributed by atoms with Crippen LogP contribution in [0.4, 0.5) is 5.82 Å². The van der Waals surface area contributed by atoms with E-state index in [0.717, 1.165) is 29.0 Å². The summed E-state index contributed by atoms with van der Waals surface area (Å²) in [6.45, 7) is 10.0. The monoisotopic (exact) mass is 415 g/mol. The highest BCUT2D eigenvalue weighted by Crippen LogP contribution is 2.47. The van der Waals surface area contributed by atoms with Gasteiger partial charge in [-0.25, -0.2) is 4.98 Å². The molecular weight excluding hydrogens is 386 g/mol. The van der Waals surface area contributed by atoms with Gasteiger partial charge in [0.05, 0.1) is 5.92 Å². The summed E-state index contributed by atoms with van der Waals surface area (Å²) in [4.78, 5) is 36.1. The van der Waals surface area contributed by atoms with Crippen LogP contribution in [0.2, 0.25) is 0 Å². The Balaban J connectivity index is 1.83. The SMILES string of the molecule is CC1=C(C(=O)Nc2cccc(C)n2)[C@@H](c2ccccc2C)C2C(=O)CC(C)(C)CC2=N1. The molecule has 160 valence electrons. The lowest BCUT2D eigenvalue weighted by Gasteiger charge is -2.41. The number of carbonyl (C=O) groups excluding carboxylic acids is 2. The minimum atomic E-state index is -0.399. The zero-order valence-corrected chi connectivity index (χ0v) is 18.8. The van der Waals surface area contributed by atoms with E-state index in [1.165, 1.54) is 0 Å². The van der Waals surface area contributed by atoms with Gasteiger partial charge in [0.15, 0.2) is 0 Å². The summed E-state index contributed by atoms with van der Waals surface area (Å²) in [5.74, 6) is -0.329. The third-order valence-corrected chi connectivity index (χ3v) is 6.26. The van der Waals surface area contributed by atoms with Gasteiger partial charge < -0.3 is 5.32 Å². The maximum Gasteiger partial charge on any atom is 0.255 e. The largest absolute Gasteiger partial charge is 0.307 e. The number of fused-ring (bicyclic) bond motifs is 1.